The van der Waals surface area contributed by atoms with E-state index >= 15 is 0 Å². The van der Waals surface area contributed by atoms with Crippen molar-refractivity contribution in [3.05, 3.63) is 34.6 Å². The second-order valence-corrected chi connectivity index (χ2v) is 5.89. The second kappa shape index (κ2) is 7.20. The van der Waals surface area contributed by atoms with Crippen molar-refractivity contribution >= 4 is 22.6 Å². The number of hydrogen-bond donors (Lipinski definition) is 1. The average molecular weight is 300 g/mol. The molecule has 0 spiro atoms. The molecule has 2 aromatic rings. The van der Waals surface area contributed by atoms with Gasteiger partial charge in [-0.2, -0.15) is 5.10 Å². The van der Waals surface area contributed by atoms with E-state index in [1.165, 1.54) is 0 Å². The molecule has 1 aromatic carbocycles. The fraction of sp³-hybridized carbons (Fsp3) is 0.471. The Hall–Kier alpha value is -2.17. The molecule has 2 rings (SSSR count). The van der Waals surface area contributed by atoms with Gasteiger partial charge in [0.25, 0.3) is 5.56 Å². The van der Waals surface area contributed by atoms with Crippen LogP contribution < -0.4 is 11.0 Å². The molecule has 22 heavy (non-hydrogen) atoms. The van der Waals surface area contributed by atoms with E-state index in [-0.39, 0.29) is 5.56 Å². The van der Waals surface area contributed by atoms with Crippen LogP contribution in [-0.2, 0) is 6.54 Å². The maximum Gasteiger partial charge on any atom is 0.262 e. The predicted molar refractivity (Wildman–Crippen MR) is 92.5 cm³/mol. The molecule has 5 heteroatoms. The summed E-state index contributed by atoms with van der Waals surface area (Å²) in [6.07, 6.45) is 2.04. The Morgan fingerprint density at radius 3 is 2.77 bits per heavy atom. The number of anilines is 1. The zero-order valence-electron chi connectivity index (χ0n) is 13.8. The zero-order valence-corrected chi connectivity index (χ0v) is 13.8. The Morgan fingerprint density at radius 2 is 2.09 bits per heavy atom. The van der Waals surface area contributed by atoms with Gasteiger partial charge in [-0.05, 0) is 44.7 Å². The maximum atomic E-state index is 12.5. The van der Waals surface area contributed by atoms with Crippen molar-refractivity contribution in [3.63, 3.8) is 0 Å². The van der Waals surface area contributed by atoms with Gasteiger partial charge in [-0.15, -0.1) is 0 Å². The van der Waals surface area contributed by atoms with Crippen molar-refractivity contribution in [1.29, 1.82) is 0 Å². The monoisotopic (exact) mass is 300 g/mol. The number of fused-ring (bicyclic) bond motifs is 1. The first kappa shape index (κ1) is 16.2. The molecule has 1 N–H and O–H groups in total. The minimum absolute atomic E-state index is 0.0365. The summed E-state index contributed by atoms with van der Waals surface area (Å²) < 4.78 is 1.61. The van der Waals surface area contributed by atoms with E-state index in [1.807, 2.05) is 32.0 Å². The van der Waals surface area contributed by atoms with Crippen LogP contribution in [0.25, 0.3) is 10.9 Å². The van der Waals surface area contributed by atoms with E-state index in [2.05, 4.69) is 29.4 Å². The molecule has 118 valence electrons. The molecule has 0 saturated heterocycles. The first-order chi connectivity index (χ1) is 10.5. The fourth-order valence-electron chi connectivity index (χ4n) is 2.25. The standard InChI is InChI=1S/C17H24N4O/c1-5-21-16(22)14-8-6-7-9-15(14)18-17(21)20-19-13(4)11-10-12(2)3/h6-9,12H,5,10-11H2,1-4H3,(H,18,20)/b19-13-. The van der Waals surface area contributed by atoms with Crippen LogP contribution in [0.2, 0.25) is 0 Å². The lowest BCUT2D eigenvalue weighted by atomic mass is 10.1. The molecule has 0 unspecified atom stereocenters. The number of rotatable bonds is 6. The molecule has 1 aromatic heterocycles. The normalized spacial score (nSPS) is 12.1. The Morgan fingerprint density at radius 1 is 1.36 bits per heavy atom. The quantitative estimate of drug-likeness (QED) is 0.654. The van der Waals surface area contributed by atoms with Gasteiger partial charge in [-0.25, -0.2) is 10.4 Å². The largest absolute Gasteiger partial charge is 0.277 e. The first-order valence-electron chi connectivity index (χ1n) is 7.81. The summed E-state index contributed by atoms with van der Waals surface area (Å²) in [6.45, 7) is 8.86. The average Bonchev–Trinajstić information content (AvgIpc) is 2.51. The summed E-state index contributed by atoms with van der Waals surface area (Å²) in [5.74, 6) is 1.15. The molecule has 0 aliphatic carbocycles. The van der Waals surface area contributed by atoms with Crippen LogP contribution in [0.4, 0.5) is 5.95 Å². The highest BCUT2D eigenvalue weighted by Gasteiger charge is 2.08. The van der Waals surface area contributed by atoms with Crippen LogP contribution in [0.3, 0.4) is 0 Å². The number of hydrazone groups is 1. The van der Waals surface area contributed by atoms with Crippen LogP contribution >= 0.6 is 0 Å². The van der Waals surface area contributed by atoms with Gasteiger partial charge in [0.15, 0.2) is 0 Å². The lowest BCUT2D eigenvalue weighted by Crippen LogP contribution is -2.23. The molecule has 0 bridgehead atoms. The van der Waals surface area contributed by atoms with Crippen molar-refractivity contribution in [3.8, 4) is 0 Å². The second-order valence-electron chi connectivity index (χ2n) is 5.89. The van der Waals surface area contributed by atoms with Crippen LogP contribution in [0.15, 0.2) is 34.2 Å². The molecule has 0 aliphatic heterocycles. The van der Waals surface area contributed by atoms with Crippen molar-refractivity contribution in [1.82, 2.24) is 9.55 Å². The Kier molecular flexibility index (Phi) is 5.31. The van der Waals surface area contributed by atoms with Gasteiger partial charge in [0, 0.05) is 12.3 Å². The highest BCUT2D eigenvalue weighted by atomic mass is 16.1. The summed E-state index contributed by atoms with van der Waals surface area (Å²) in [5.41, 5.74) is 4.63. The number of nitrogens with zero attached hydrogens (tertiary/aromatic N) is 3. The zero-order chi connectivity index (χ0) is 16.1. The molecule has 0 radical (unpaired) electrons. The topological polar surface area (TPSA) is 59.3 Å². The Balaban J connectivity index is 2.31. The maximum absolute atomic E-state index is 12.5. The van der Waals surface area contributed by atoms with E-state index in [9.17, 15) is 4.79 Å². The number of benzene rings is 1. The van der Waals surface area contributed by atoms with E-state index in [0.717, 1.165) is 18.6 Å². The lowest BCUT2D eigenvalue weighted by molar-refractivity contribution is 0.602. The highest BCUT2D eigenvalue weighted by molar-refractivity contribution is 5.82. The van der Waals surface area contributed by atoms with Gasteiger partial charge in [-0.1, -0.05) is 26.0 Å². The van der Waals surface area contributed by atoms with Gasteiger partial charge in [0.1, 0.15) is 0 Å². The smallest absolute Gasteiger partial charge is 0.262 e. The molecule has 5 nitrogen and oxygen atoms in total. The van der Waals surface area contributed by atoms with Crippen molar-refractivity contribution in [2.24, 2.45) is 11.0 Å². The highest BCUT2D eigenvalue weighted by Crippen LogP contribution is 2.11. The van der Waals surface area contributed by atoms with Crippen LogP contribution in [0.5, 0.6) is 0 Å². The Bertz CT molecular complexity index is 731. The van der Waals surface area contributed by atoms with Crippen molar-refractivity contribution in [2.45, 2.75) is 47.1 Å². The first-order valence-corrected chi connectivity index (χ1v) is 7.81. The van der Waals surface area contributed by atoms with Gasteiger partial charge in [-0.3, -0.25) is 9.36 Å². The minimum Gasteiger partial charge on any atom is -0.277 e. The molecule has 0 amide bonds. The lowest BCUT2D eigenvalue weighted by Gasteiger charge is -2.11. The molecular weight excluding hydrogens is 276 g/mol. The third kappa shape index (κ3) is 3.72. The fourth-order valence-corrected chi connectivity index (χ4v) is 2.25. The number of aromatic nitrogens is 2. The molecule has 0 atom stereocenters. The summed E-state index contributed by atoms with van der Waals surface area (Å²) in [7, 11) is 0. The number of para-hydroxylation sites is 1. The molecular formula is C17H24N4O. The predicted octanol–water partition coefficient (Wildman–Crippen LogP) is 3.64. The molecule has 0 fully saturated rings. The minimum atomic E-state index is -0.0365. The molecule has 0 aliphatic rings. The van der Waals surface area contributed by atoms with E-state index in [4.69, 9.17) is 0 Å². The van der Waals surface area contributed by atoms with Crippen molar-refractivity contribution < 1.29 is 0 Å². The third-order valence-corrected chi connectivity index (χ3v) is 3.61. The SMILES string of the molecule is CCn1c(N/N=C(/C)CCC(C)C)nc2ccccc2c1=O. The molecule has 1 heterocycles. The number of nitrogens with one attached hydrogen (secondary N) is 1. The van der Waals surface area contributed by atoms with Crippen LogP contribution in [0.1, 0.15) is 40.5 Å². The van der Waals surface area contributed by atoms with E-state index in [1.54, 1.807) is 10.6 Å². The Labute approximate surface area is 131 Å². The number of hydrogen-bond acceptors (Lipinski definition) is 4. The van der Waals surface area contributed by atoms with E-state index in [0.29, 0.717) is 29.3 Å². The summed E-state index contributed by atoms with van der Waals surface area (Å²) in [6, 6.07) is 7.38. The third-order valence-electron chi connectivity index (χ3n) is 3.61. The van der Waals surface area contributed by atoms with Crippen LogP contribution in [0, 0.1) is 5.92 Å². The summed E-state index contributed by atoms with van der Waals surface area (Å²) in [4.78, 5) is 17.0. The summed E-state index contributed by atoms with van der Waals surface area (Å²) in [5, 5.41) is 5.00. The van der Waals surface area contributed by atoms with Crippen LogP contribution in [-0.4, -0.2) is 15.3 Å². The van der Waals surface area contributed by atoms with Gasteiger partial charge >= 0.3 is 0 Å². The molecule has 0 saturated carbocycles. The summed E-state index contributed by atoms with van der Waals surface area (Å²) >= 11 is 0. The van der Waals surface area contributed by atoms with Gasteiger partial charge < -0.3 is 0 Å². The van der Waals surface area contributed by atoms with Crippen molar-refractivity contribution in [2.75, 3.05) is 5.43 Å². The van der Waals surface area contributed by atoms with Gasteiger partial charge in [0.05, 0.1) is 10.9 Å². The van der Waals surface area contributed by atoms with E-state index < -0.39 is 0 Å². The van der Waals surface area contributed by atoms with Gasteiger partial charge in [0.2, 0.25) is 5.95 Å².